The summed E-state index contributed by atoms with van der Waals surface area (Å²) >= 11 is 0. The van der Waals surface area contributed by atoms with Gasteiger partial charge in [-0.3, -0.25) is 4.79 Å². The predicted octanol–water partition coefficient (Wildman–Crippen LogP) is 3.90. The fourth-order valence-electron chi connectivity index (χ4n) is 4.30. The molecule has 0 saturated carbocycles. The van der Waals surface area contributed by atoms with Crippen LogP contribution in [0.4, 0.5) is 11.6 Å². The van der Waals surface area contributed by atoms with Gasteiger partial charge in [-0.25, -0.2) is 28.1 Å². The quantitative estimate of drug-likeness (QED) is 0.480. The maximum Gasteiger partial charge on any atom is 0.268 e. The van der Waals surface area contributed by atoms with Crippen LogP contribution in [0.15, 0.2) is 53.7 Å². The maximum atomic E-state index is 13.3. The summed E-state index contributed by atoms with van der Waals surface area (Å²) in [4.78, 5) is 28.0. The number of hydrogen-bond acceptors (Lipinski definition) is 9. The highest BCUT2D eigenvalue weighted by Crippen LogP contribution is 2.33. The lowest BCUT2D eigenvalue weighted by atomic mass is 10.1. The number of hydrogen-bond donors (Lipinski definition) is 2. The van der Waals surface area contributed by atoms with Gasteiger partial charge in [-0.2, -0.15) is 0 Å². The molecule has 4 heterocycles. The second kappa shape index (κ2) is 10.1. The van der Waals surface area contributed by atoms with Crippen molar-refractivity contribution in [2.45, 2.75) is 63.6 Å². The van der Waals surface area contributed by atoms with E-state index in [1.165, 1.54) is 18.3 Å². The minimum absolute atomic E-state index is 0. The number of nitrogens with two attached hydrogens (primary N) is 1. The number of sulfonamides is 1. The molecule has 1 saturated heterocycles. The minimum atomic E-state index is -4.24. The van der Waals surface area contributed by atoms with E-state index in [1.807, 2.05) is 19.9 Å². The molecule has 194 valence electrons. The summed E-state index contributed by atoms with van der Waals surface area (Å²) in [5.41, 5.74) is 7.23. The molecule has 3 N–H and O–H groups in total. The Balaban J connectivity index is 0.00000253. The van der Waals surface area contributed by atoms with Crippen LogP contribution in [0.25, 0.3) is 11.3 Å². The van der Waals surface area contributed by atoms with Crippen molar-refractivity contribution >= 4 is 27.6 Å². The number of nitrogens with one attached hydrogen (secondary N) is 1. The SMILES string of the molecule is CC(C)Oc1ccc(-c2ccc(C(=O)NS(=O)(=O)c3cccnc3N)c(N3[C@H](C)CC[C@@H]3C)n2)cn1.[HH].[HH]. The zero-order valence-corrected chi connectivity index (χ0v) is 21.5. The fraction of sp³-hybridized carbons (Fsp3) is 0.360. The lowest BCUT2D eigenvalue weighted by Crippen LogP contribution is -2.37. The summed E-state index contributed by atoms with van der Waals surface area (Å²) in [5, 5.41) is 0. The van der Waals surface area contributed by atoms with Crippen molar-refractivity contribution in [3.8, 4) is 17.1 Å². The van der Waals surface area contributed by atoms with E-state index in [-0.39, 0.29) is 37.3 Å². The van der Waals surface area contributed by atoms with Gasteiger partial charge in [0.25, 0.3) is 15.9 Å². The zero-order chi connectivity index (χ0) is 26.0. The Morgan fingerprint density at radius 2 is 1.86 bits per heavy atom. The summed E-state index contributed by atoms with van der Waals surface area (Å²) in [6, 6.07) is 9.87. The van der Waals surface area contributed by atoms with Gasteiger partial charge in [0.2, 0.25) is 5.88 Å². The number of aromatic nitrogens is 3. The standard InChI is InChI=1S/C25H30N6O4S.2H2/c1-15(2)35-22-12-9-18(14-28-22)20-11-10-19(24(29-20)31-16(3)7-8-17(31)4)25(32)30-36(33,34)21-6-5-13-27-23(21)26;;/h5-6,9-17H,7-8H2,1-4H3,(H2,26,27)(H,30,32);2*1H/t16-,17+;;. The van der Waals surface area contributed by atoms with Gasteiger partial charge in [-0.05, 0) is 70.9 Å². The Bertz CT molecular complexity index is 1360. The first-order valence-electron chi connectivity index (χ1n) is 11.8. The smallest absolute Gasteiger partial charge is 0.268 e. The number of rotatable bonds is 7. The number of carbonyl (C=O) groups excluding carboxylic acids is 1. The second-order valence-corrected chi connectivity index (χ2v) is 10.8. The van der Waals surface area contributed by atoms with Crippen LogP contribution in [-0.4, -0.2) is 47.5 Å². The molecular weight excluding hydrogens is 480 g/mol. The van der Waals surface area contributed by atoms with Gasteiger partial charge in [-0.1, -0.05) is 0 Å². The Labute approximate surface area is 214 Å². The molecule has 10 nitrogen and oxygen atoms in total. The van der Waals surface area contributed by atoms with Crippen molar-refractivity contribution in [2.24, 2.45) is 0 Å². The third kappa shape index (κ3) is 5.25. The number of ether oxygens (including phenoxy) is 1. The molecule has 1 aliphatic rings. The highest BCUT2D eigenvalue weighted by Gasteiger charge is 2.33. The van der Waals surface area contributed by atoms with Gasteiger partial charge in [0.15, 0.2) is 0 Å². The maximum absolute atomic E-state index is 13.3. The zero-order valence-electron chi connectivity index (χ0n) is 20.7. The molecule has 0 aliphatic carbocycles. The van der Waals surface area contributed by atoms with Gasteiger partial charge >= 0.3 is 0 Å². The fourth-order valence-corrected chi connectivity index (χ4v) is 5.35. The van der Waals surface area contributed by atoms with Crippen molar-refractivity contribution < 1.29 is 20.8 Å². The first kappa shape index (κ1) is 25.4. The molecule has 4 rings (SSSR count). The van der Waals surface area contributed by atoms with Gasteiger partial charge in [0.05, 0.1) is 17.4 Å². The molecule has 1 amide bonds. The normalized spacial score (nSPS) is 17.9. The van der Waals surface area contributed by atoms with Crippen LogP contribution in [0, 0.1) is 0 Å². The van der Waals surface area contributed by atoms with Crippen LogP contribution in [-0.2, 0) is 10.0 Å². The molecule has 0 unspecified atom stereocenters. The Kier molecular flexibility index (Phi) is 7.11. The average Bonchev–Trinajstić information content (AvgIpc) is 3.16. The second-order valence-electron chi connectivity index (χ2n) is 9.12. The number of nitrogens with zero attached hydrogens (tertiary/aromatic N) is 4. The van der Waals surface area contributed by atoms with E-state index in [2.05, 4.69) is 33.4 Å². The summed E-state index contributed by atoms with van der Waals surface area (Å²) in [7, 11) is -4.24. The molecule has 0 radical (unpaired) electrons. The van der Waals surface area contributed by atoms with E-state index in [9.17, 15) is 13.2 Å². The van der Waals surface area contributed by atoms with Crippen LogP contribution in [0.2, 0.25) is 0 Å². The molecular formula is C25H34N6O4S. The van der Waals surface area contributed by atoms with Crippen molar-refractivity contribution in [1.82, 2.24) is 19.7 Å². The molecule has 0 spiro atoms. The van der Waals surface area contributed by atoms with Gasteiger partial charge in [0.1, 0.15) is 16.5 Å². The van der Waals surface area contributed by atoms with E-state index >= 15 is 0 Å². The van der Waals surface area contributed by atoms with E-state index in [4.69, 9.17) is 15.5 Å². The van der Waals surface area contributed by atoms with E-state index in [0.717, 1.165) is 18.4 Å². The van der Waals surface area contributed by atoms with Crippen LogP contribution < -0.4 is 20.1 Å². The Morgan fingerprint density at radius 1 is 1.14 bits per heavy atom. The molecule has 3 aromatic heterocycles. The van der Waals surface area contributed by atoms with Gasteiger partial charge in [0, 0.05) is 39.0 Å². The van der Waals surface area contributed by atoms with E-state index in [1.54, 1.807) is 24.4 Å². The highest BCUT2D eigenvalue weighted by molar-refractivity contribution is 7.90. The Morgan fingerprint density at radius 3 is 2.47 bits per heavy atom. The van der Waals surface area contributed by atoms with Gasteiger partial charge < -0.3 is 15.4 Å². The number of anilines is 2. The largest absolute Gasteiger partial charge is 0.475 e. The molecule has 36 heavy (non-hydrogen) atoms. The molecule has 1 aliphatic heterocycles. The molecule has 0 aromatic carbocycles. The minimum Gasteiger partial charge on any atom is -0.475 e. The predicted molar refractivity (Wildman–Crippen MR) is 141 cm³/mol. The monoisotopic (exact) mass is 514 g/mol. The van der Waals surface area contributed by atoms with Crippen LogP contribution in [0.1, 0.15) is 53.7 Å². The highest BCUT2D eigenvalue weighted by atomic mass is 32.2. The molecule has 3 aromatic rings. The van der Waals surface area contributed by atoms with Crippen molar-refractivity contribution in [3.05, 3.63) is 54.4 Å². The third-order valence-corrected chi connectivity index (χ3v) is 7.40. The summed E-state index contributed by atoms with van der Waals surface area (Å²) in [6.07, 6.45) is 4.91. The van der Waals surface area contributed by atoms with Gasteiger partial charge in [-0.15, -0.1) is 0 Å². The average molecular weight is 515 g/mol. The van der Waals surface area contributed by atoms with E-state index < -0.39 is 15.9 Å². The first-order chi connectivity index (χ1) is 17.1. The molecule has 0 bridgehead atoms. The van der Waals surface area contributed by atoms with Crippen molar-refractivity contribution in [1.29, 1.82) is 0 Å². The molecule has 2 atom stereocenters. The number of nitrogen functional groups attached to an aromatic ring is 1. The summed E-state index contributed by atoms with van der Waals surface area (Å²) in [6.45, 7) is 7.97. The first-order valence-corrected chi connectivity index (χ1v) is 13.2. The number of amides is 1. The molecule has 1 fully saturated rings. The number of pyridine rings is 3. The van der Waals surface area contributed by atoms with E-state index in [0.29, 0.717) is 17.4 Å². The summed E-state index contributed by atoms with van der Waals surface area (Å²) in [5.74, 6) is -0.0610. The topological polar surface area (TPSA) is 140 Å². The third-order valence-electron chi connectivity index (χ3n) is 6.02. The van der Waals surface area contributed by atoms with Crippen molar-refractivity contribution in [2.75, 3.05) is 10.6 Å². The lowest BCUT2D eigenvalue weighted by Gasteiger charge is -2.29. The Hall–Kier alpha value is -3.73. The van der Waals surface area contributed by atoms with Crippen LogP contribution >= 0.6 is 0 Å². The lowest BCUT2D eigenvalue weighted by molar-refractivity contribution is 0.0981. The number of carbonyl (C=O) groups is 1. The van der Waals surface area contributed by atoms with Crippen molar-refractivity contribution in [3.63, 3.8) is 0 Å². The van der Waals surface area contributed by atoms with Crippen LogP contribution in [0.3, 0.4) is 0 Å². The van der Waals surface area contributed by atoms with Crippen LogP contribution in [0.5, 0.6) is 5.88 Å². The molecule has 11 heteroatoms. The summed E-state index contributed by atoms with van der Waals surface area (Å²) < 4.78 is 33.5.